The van der Waals surface area contributed by atoms with Crippen LogP contribution in [-0.4, -0.2) is 48.8 Å². The topological polar surface area (TPSA) is 79.2 Å². The molecule has 4 unspecified atom stereocenters. The van der Waals surface area contributed by atoms with Crippen LogP contribution in [0.4, 0.5) is 4.79 Å². The van der Waals surface area contributed by atoms with E-state index in [2.05, 4.69) is 16.0 Å². The first-order valence-electron chi connectivity index (χ1n) is 6.95. The van der Waals surface area contributed by atoms with Crippen LogP contribution < -0.4 is 21.7 Å². The van der Waals surface area contributed by atoms with E-state index in [1.54, 1.807) is 0 Å². The molecular weight excluding hydrogens is 280 g/mol. The molecule has 2 fully saturated rings. The Kier molecular flexibility index (Phi) is 6.12. The van der Waals surface area contributed by atoms with Gasteiger partial charge in [0, 0.05) is 35.7 Å². The Hall–Kier alpha value is -0.110. The Morgan fingerprint density at radius 1 is 1.21 bits per heavy atom. The molecule has 0 aromatic rings. The number of hydrogen-bond acceptors (Lipinski definition) is 5. The lowest BCUT2D eigenvalue weighted by Crippen LogP contribution is -2.48. The first-order valence-corrected chi connectivity index (χ1v) is 9.23. The molecule has 0 bridgehead atoms. The van der Waals surface area contributed by atoms with E-state index in [9.17, 15) is 4.79 Å². The van der Waals surface area contributed by atoms with Gasteiger partial charge < -0.3 is 21.7 Å². The zero-order chi connectivity index (χ0) is 13.7. The van der Waals surface area contributed by atoms with Gasteiger partial charge in [-0.1, -0.05) is 21.6 Å². The van der Waals surface area contributed by atoms with E-state index in [0.29, 0.717) is 6.54 Å². The van der Waals surface area contributed by atoms with Gasteiger partial charge in [-0.25, -0.2) is 4.79 Å². The summed E-state index contributed by atoms with van der Waals surface area (Å²) in [5, 5.41) is 10.4. The average molecular weight is 304 g/mol. The summed E-state index contributed by atoms with van der Waals surface area (Å²) in [5.41, 5.74) is 6.17. The van der Waals surface area contributed by atoms with Crippen molar-refractivity contribution in [2.24, 2.45) is 5.73 Å². The fourth-order valence-corrected chi connectivity index (χ4v) is 5.58. The van der Waals surface area contributed by atoms with Crippen molar-refractivity contribution in [2.45, 2.75) is 48.3 Å². The van der Waals surface area contributed by atoms with Gasteiger partial charge in [0.25, 0.3) is 0 Å². The highest BCUT2D eigenvalue weighted by molar-refractivity contribution is 8.80. The first kappa shape index (κ1) is 15.3. The highest BCUT2D eigenvalue weighted by Gasteiger charge is 2.36. The first-order chi connectivity index (χ1) is 9.19. The normalized spacial score (nSPS) is 34.4. The number of carbonyl (C=O) groups excluding carboxylic acids is 1. The second-order valence-corrected chi connectivity index (χ2v) is 8.03. The highest BCUT2D eigenvalue weighted by Crippen LogP contribution is 2.52. The number of nitrogens with two attached hydrogens (primary N) is 1. The highest BCUT2D eigenvalue weighted by atomic mass is 33.1. The Labute approximate surface area is 123 Å². The lowest BCUT2D eigenvalue weighted by Gasteiger charge is -2.40. The molecule has 19 heavy (non-hydrogen) atoms. The standard InChI is InChI=1S/C12H24N4OS2/c1-14-4-5-15-12(17)16-9-2-3-10-11(19-18-10)7-8(13)6-9/h8-11,14H,2-7,13H2,1H3,(H2,15,16,17). The summed E-state index contributed by atoms with van der Waals surface area (Å²) in [6, 6.07) is 0.362. The summed E-state index contributed by atoms with van der Waals surface area (Å²) in [5.74, 6) is 0. The second-order valence-electron chi connectivity index (χ2n) is 5.28. The third kappa shape index (κ3) is 4.73. The van der Waals surface area contributed by atoms with E-state index in [1.165, 1.54) is 6.42 Å². The van der Waals surface area contributed by atoms with Crippen LogP contribution in [0.15, 0.2) is 0 Å². The largest absolute Gasteiger partial charge is 0.337 e. The Morgan fingerprint density at radius 2 is 2.00 bits per heavy atom. The van der Waals surface area contributed by atoms with Crippen LogP contribution in [0.5, 0.6) is 0 Å². The number of fused-ring (bicyclic) bond motifs is 1. The number of rotatable bonds is 4. The number of amides is 2. The second kappa shape index (κ2) is 7.61. The van der Waals surface area contributed by atoms with E-state index >= 15 is 0 Å². The number of carbonyl (C=O) groups is 1. The van der Waals surface area contributed by atoms with Crippen LogP contribution in [0, 0.1) is 0 Å². The molecule has 0 aromatic carbocycles. The molecule has 1 saturated carbocycles. The minimum absolute atomic E-state index is 0.0692. The fraction of sp³-hybridized carbons (Fsp3) is 0.917. The molecule has 4 atom stereocenters. The lowest BCUT2D eigenvalue weighted by molar-refractivity contribution is 0.233. The summed E-state index contributed by atoms with van der Waals surface area (Å²) < 4.78 is 0. The van der Waals surface area contributed by atoms with Crippen LogP contribution in [-0.2, 0) is 0 Å². The summed E-state index contributed by atoms with van der Waals surface area (Å²) in [6.45, 7) is 1.44. The van der Waals surface area contributed by atoms with E-state index in [-0.39, 0.29) is 18.1 Å². The van der Waals surface area contributed by atoms with Gasteiger partial charge in [0.1, 0.15) is 0 Å². The van der Waals surface area contributed by atoms with Gasteiger partial charge in [0.2, 0.25) is 0 Å². The number of hydrogen-bond donors (Lipinski definition) is 4. The van der Waals surface area contributed by atoms with Crippen LogP contribution in [0.1, 0.15) is 25.7 Å². The molecule has 0 spiro atoms. The van der Waals surface area contributed by atoms with Crippen molar-refractivity contribution in [2.75, 3.05) is 20.1 Å². The number of nitrogens with one attached hydrogen (secondary N) is 3. The SMILES string of the molecule is CNCCNC(=O)NC1CCC2SSC2CC(N)C1. The minimum atomic E-state index is -0.0692. The maximum atomic E-state index is 11.8. The molecule has 0 radical (unpaired) electrons. The van der Waals surface area contributed by atoms with Gasteiger partial charge in [-0.3, -0.25) is 0 Å². The quantitative estimate of drug-likeness (QED) is 0.459. The maximum absolute atomic E-state index is 11.8. The van der Waals surface area contributed by atoms with Crippen molar-refractivity contribution < 1.29 is 4.79 Å². The van der Waals surface area contributed by atoms with Crippen molar-refractivity contribution in [1.82, 2.24) is 16.0 Å². The van der Waals surface area contributed by atoms with Crippen molar-refractivity contribution in [3.63, 3.8) is 0 Å². The molecule has 5 N–H and O–H groups in total. The van der Waals surface area contributed by atoms with Crippen LogP contribution in [0.3, 0.4) is 0 Å². The van der Waals surface area contributed by atoms with Crippen molar-refractivity contribution >= 4 is 27.6 Å². The van der Waals surface area contributed by atoms with Gasteiger partial charge in [-0.15, -0.1) is 0 Å². The molecule has 2 rings (SSSR count). The van der Waals surface area contributed by atoms with E-state index in [1.807, 2.05) is 28.6 Å². The minimum Gasteiger partial charge on any atom is -0.337 e. The van der Waals surface area contributed by atoms with E-state index < -0.39 is 0 Å². The number of urea groups is 1. The zero-order valence-electron chi connectivity index (χ0n) is 11.4. The smallest absolute Gasteiger partial charge is 0.315 e. The van der Waals surface area contributed by atoms with Crippen LogP contribution in [0.25, 0.3) is 0 Å². The molecule has 1 heterocycles. The summed E-state index contributed by atoms with van der Waals surface area (Å²) >= 11 is 0. The van der Waals surface area contributed by atoms with Crippen molar-refractivity contribution in [1.29, 1.82) is 0 Å². The van der Waals surface area contributed by atoms with Crippen LogP contribution >= 0.6 is 21.6 Å². The molecule has 1 aliphatic carbocycles. The molecule has 0 aromatic heterocycles. The molecule has 1 aliphatic heterocycles. The van der Waals surface area contributed by atoms with E-state index in [0.717, 1.165) is 36.3 Å². The fourth-order valence-electron chi connectivity index (χ4n) is 2.55. The predicted octanol–water partition coefficient (Wildman–Crippen LogP) is 0.907. The van der Waals surface area contributed by atoms with Crippen molar-refractivity contribution in [3.8, 4) is 0 Å². The Morgan fingerprint density at radius 3 is 2.68 bits per heavy atom. The van der Waals surface area contributed by atoms with Crippen LogP contribution in [0.2, 0.25) is 0 Å². The van der Waals surface area contributed by atoms with Gasteiger partial charge in [-0.05, 0) is 32.7 Å². The van der Waals surface area contributed by atoms with Gasteiger partial charge >= 0.3 is 6.03 Å². The van der Waals surface area contributed by atoms with Gasteiger partial charge in [-0.2, -0.15) is 0 Å². The molecule has 2 aliphatic rings. The summed E-state index contributed by atoms with van der Waals surface area (Å²) in [6.07, 6.45) is 4.22. The maximum Gasteiger partial charge on any atom is 0.315 e. The Bertz CT molecular complexity index is 305. The molecular formula is C12H24N4OS2. The third-order valence-corrected chi connectivity index (χ3v) is 7.31. The van der Waals surface area contributed by atoms with Gasteiger partial charge in [0.05, 0.1) is 0 Å². The summed E-state index contributed by atoms with van der Waals surface area (Å²) in [4.78, 5) is 11.8. The Balaban J connectivity index is 1.73. The third-order valence-electron chi connectivity index (χ3n) is 3.64. The predicted molar refractivity (Wildman–Crippen MR) is 83.5 cm³/mol. The monoisotopic (exact) mass is 304 g/mol. The number of likely N-dealkylation sites (N-methyl/N-ethyl adjacent to an activating group) is 1. The molecule has 110 valence electrons. The summed E-state index contributed by atoms with van der Waals surface area (Å²) in [7, 11) is 5.82. The lowest BCUT2D eigenvalue weighted by atomic mass is 9.93. The zero-order valence-corrected chi connectivity index (χ0v) is 13.0. The molecule has 2 amide bonds. The van der Waals surface area contributed by atoms with Gasteiger partial charge in [0.15, 0.2) is 0 Å². The average Bonchev–Trinajstić information content (AvgIpc) is 2.34. The molecule has 1 saturated heterocycles. The molecule has 5 nitrogen and oxygen atoms in total. The van der Waals surface area contributed by atoms with Crippen molar-refractivity contribution in [3.05, 3.63) is 0 Å². The van der Waals surface area contributed by atoms with E-state index in [4.69, 9.17) is 5.73 Å². The molecule has 7 heteroatoms.